The summed E-state index contributed by atoms with van der Waals surface area (Å²) in [6.45, 7) is 3.13. The number of amides is 1. The van der Waals surface area contributed by atoms with Gasteiger partial charge in [0.25, 0.3) is 10.0 Å². The number of rotatable bonds is 9. The van der Waals surface area contributed by atoms with Gasteiger partial charge < -0.3 is 14.8 Å². The molecule has 9 heteroatoms. The lowest BCUT2D eigenvalue weighted by Gasteiger charge is -2.25. The summed E-state index contributed by atoms with van der Waals surface area (Å²) in [6.07, 6.45) is 0. The van der Waals surface area contributed by atoms with Crippen molar-refractivity contribution in [3.63, 3.8) is 0 Å². The fourth-order valence-corrected chi connectivity index (χ4v) is 4.80. The van der Waals surface area contributed by atoms with E-state index in [1.807, 2.05) is 6.92 Å². The van der Waals surface area contributed by atoms with Crippen molar-refractivity contribution in [1.29, 1.82) is 0 Å². The van der Waals surface area contributed by atoms with Gasteiger partial charge in [0.05, 0.1) is 30.8 Å². The van der Waals surface area contributed by atoms with Gasteiger partial charge in [0.15, 0.2) is 11.5 Å². The summed E-state index contributed by atoms with van der Waals surface area (Å²) in [7, 11) is -1.04. The van der Waals surface area contributed by atoms with Gasteiger partial charge in [-0.05, 0) is 67.9 Å². The van der Waals surface area contributed by atoms with Crippen LogP contribution in [-0.2, 0) is 14.8 Å². The first kappa shape index (κ1) is 25.0. The first-order valence-electron chi connectivity index (χ1n) is 10.5. The highest BCUT2D eigenvalue weighted by atomic mass is 32.2. The van der Waals surface area contributed by atoms with Gasteiger partial charge in [-0.2, -0.15) is 0 Å². The average Bonchev–Trinajstić information content (AvgIpc) is 2.82. The van der Waals surface area contributed by atoms with Gasteiger partial charge in [-0.1, -0.05) is 23.8 Å². The Morgan fingerprint density at radius 2 is 1.59 bits per heavy atom. The summed E-state index contributed by atoms with van der Waals surface area (Å²) < 4.78 is 51.8. The summed E-state index contributed by atoms with van der Waals surface area (Å²) in [5.74, 6) is 0.0256. The summed E-state index contributed by atoms with van der Waals surface area (Å²) in [5, 5.41) is 2.81. The van der Waals surface area contributed by atoms with Crippen LogP contribution in [-0.4, -0.2) is 35.1 Å². The van der Waals surface area contributed by atoms with Crippen molar-refractivity contribution in [1.82, 2.24) is 5.32 Å². The van der Waals surface area contributed by atoms with Crippen LogP contribution in [0.25, 0.3) is 0 Å². The predicted octanol–water partition coefficient (Wildman–Crippen LogP) is 4.22. The van der Waals surface area contributed by atoms with E-state index in [9.17, 15) is 17.6 Å². The number of benzene rings is 3. The summed E-state index contributed by atoms with van der Waals surface area (Å²) in [5.41, 5.74) is 1.82. The molecular weight excluding hydrogens is 459 g/mol. The monoisotopic (exact) mass is 486 g/mol. The summed E-state index contributed by atoms with van der Waals surface area (Å²) in [4.78, 5) is 13.0. The van der Waals surface area contributed by atoms with E-state index in [-0.39, 0.29) is 10.6 Å². The van der Waals surface area contributed by atoms with Gasteiger partial charge in [0, 0.05) is 0 Å². The predicted molar refractivity (Wildman–Crippen MR) is 128 cm³/mol. The fourth-order valence-electron chi connectivity index (χ4n) is 3.38. The molecule has 34 heavy (non-hydrogen) atoms. The Kier molecular flexibility index (Phi) is 7.78. The molecule has 0 aliphatic carbocycles. The Morgan fingerprint density at radius 3 is 2.18 bits per heavy atom. The summed E-state index contributed by atoms with van der Waals surface area (Å²) in [6, 6.07) is 16.1. The van der Waals surface area contributed by atoms with Crippen molar-refractivity contribution in [3.05, 3.63) is 83.7 Å². The molecule has 0 heterocycles. The van der Waals surface area contributed by atoms with Crippen LogP contribution in [0.4, 0.5) is 10.1 Å². The van der Waals surface area contributed by atoms with Gasteiger partial charge in [-0.3, -0.25) is 9.10 Å². The Hall–Kier alpha value is -3.59. The molecule has 0 spiro atoms. The number of anilines is 1. The molecule has 1 N–H and O–H groups in total. The zero-order valence-electron chi connectivity index (χ0n) is 19.4. The third-order valence-corrected chi connectivity index (χ3v) is 7.08. The molecule has 0 fully saturated rings. The van der Waals surface area contributed by atoms with Crippen molar-refractivity contribution in [2.75, 3.05) is 25.1 Å². The molecule has 0 saturated heterocycles. The number of hydrogen-bond acceptors (Lipinski definition) is 5. The molecule has 0 aliphatic heterocycles. The number of nitrogens with zero attached hydrogens (tertiary/aromatic N) is 1. The third-order valence-electron chi connectivity index (χ3n) is 5.30. The molecule has 0 bridgehead atoms. The van der Waals surface area contributed by atoms with E-state index in [0.29, 0.717) is 11.5 Å². The number of sulfonamides is 1. The second-order valence-corrected chi connectivity index (χ2v) is 9.57. The molecule has 1 amide bonds. The highest BCUT2D eigenvalue weighted by Gasteiger charge is 2.28. The molecule has 1 atom stereocenters. The van der Waals surface area contributed by atoms with Crippen LogP contribution in [0.5, 0.6) is 11.5 Å². The van der Waals surface area contributed by atoms with Crippen LogP contribution in [0.15, 0.2) is 71.6 Å². The van der Waals surface area contributed by atoms with E-state index in [4.69, 9.17) is 9.47 Å². The van der Waals surface area contributed by atoms with E-state index < -0.39 is 34.3 Å². The SMILES string of the molecule is COc1ccc([C@@H](C)NC(=O)CN(c2ccc(F)cc2)S(=O)(=O)c2ccc(C)cc2)cc1OC. The van der Waals surface area contributed by atoms with Gasteiger partial charge in [-0.15, -0.1) is 0 Å². The van der Waals surface area contributed by atoms with Crippen molar-refractivity contribution >= 4 is 21.6 Å². The Balaban J connectivity index is 1.87. The number of carbonyl (C=O) groups is 1. The molecular formula is C25H27FN2O5S. The molecule has 0 unspecified atom stereocenters. The first-order valence-corrected chi connectivity index (χ1v) is 12.0. The lowest BCUT2D eigenvalue weighted by molar-refractivity contribution is -0.120. The van der Waals surface area contributed by atoms with Crippen LogP contribution in [0, 0.1) is 12.7 Å². The number of nitrogens with one attached hydrogen (secondary N) is 1. The third kappa shape index (κ3) is 5.66. The minimum Gasteiger partial charge on any atom is -0.493 e. The maximum Gasteiger partial charge on any atom is 0.264 e. The smallest absolute Gasteiger partial charge is 0.264 e. The van der Waals surface area contributed by atoms with E-state index in [1.54, 1.807) is 37.3 Å². The minimum absolute atomic E-state index is 0.0307. The van der Waals surface area contributed by atoms with Crippen molar-refractivity contribution < 1.29 is 27.1 Å². The van der Waals surface area contributed by atoms with Gasteiger partial charge in [0.2, 0.25) is 5.91 Å². The summed E-state index contributed by atoms with van der Waals surface area (Å²) >= 11 is 0. The second kappa shape index (κ2) is 10.6. The number of hydrogen-bond donors (Lipinski definition) is 1. The molecule has 180 valence electrons. The number of ether oxygens (including phenoxy) is 2. The Bertz CT molecular complexity index is 1250. The molecule has 3 aromatic rings. The van der Waals surface area contributed by atoms with E-state index in [0.717, 1.165) is 27.6 Å². The Labute approximate surface area is 199 Å². The lowest BCUT2D eigenvalue weighted by Crippen LogP contribution is -2.41. The number of halogens is 1. The average molecular weight is 487 g/mol. The van der Waals surface area contributed by atoms with E-state index in [2.05, 4.69) is 5.32 Å². The van der Waals surface area contributed by atoms with Crippen LogP contribution in [0.3, 0.4) is 0 Å². The van der Waals surface area contributed by atoms with Crippen molar-refractivity contribution in [2.24, 2.45) is 0 Å². The van der Waals surface area contributed by atoms with Crippen LogP contribution in [0.1, 0.15) is 24.1 Å². The first-order chi connectivity index (χ1) is 16.1. The molecule has 0 aromatic heterocycles. The molecule has 0 saturated carbocycles. The Morgan fingerprint density at radius 1 is 0.971 bits per heavy atom. The fraction of sp³-hybridized carbons (Fsp3) is 0.240. The van der Waals surface area contributed by atoms with E-state index >= 15 is 0 Å². The topological polar surface area (TPSA) is 84.9 Å². The molecule has 0 aliphatic rings. The normalized spacial score (nSPS) is 12.0. The molecule has 3 aromatic carbocycles. The van der Waals surface area contributed by atoms with E-state index in [1.165, 1.54) is 38.5 Å². The highest BCUT2D eigenvalue weighted by molar-refractivity contribution is 7.92. The van der Waals surface area contributed by atoms with Crippen LogP contribution < -0.4 is 19.1 Å². The standard InChI is InChI=1S/C25H27FN2O5S/c1-17-5-12-22(13-6-17)34(30,31)28(21-10-8-20(26)9-11-21)16-25(29)27-18(2)19-7-14-23(32-3)24(15-19)33-4/h5-15,18H,16H2,1-4H3,(H,27,29)/t18-/m1/s1. The van der Waals surface area contributed by atoms with Gasteiger partial charge in [-0.25, -0.2) is 12.8 Å². The van der Waals surface area contributed by atoms with Crippen molar-refractivity contribution in [2.45, 2.75) is 24.8 Å². The zero-order valence-corrected chi connectivity index (χ0v) is 20.2. The van der Waals surface area contributed by atoms with Crippen LogP contribution >= 0.6 is 0 Å². The number of methoxy groups -OCH3 is 2. The maximum absolute atomic E-state index is 13.5. The largest absolute Gasteiger partial charge is 0.493 e. The van der Waals surface area contributed by atoms with Crippen molar-refractivity contribution in [3.8, 4) is 11.5 Å². The molecule has 3 rings (SSSR count). The zero-order chi connectivity index (χ0) is 24.9. The molecule has 0 radical (unpaired) electrons. The second-order valence-electron chi connectivity index (χ2n) is 7.70. The lowest BCUT2D eigenvalue weighted by atomic mass is 10.1. The number of aryl methyl sites for hydroxylation is 1. The van der Waals surface area contributed by atoms with Gasteiger partial charge >= 0.3 is 0 Å². The highest BCUT2D eigenvalue weighted by Crippen LogP contribution is 2.30. The minimum atomic E-state index is -4.09. The van der Waals surface area contributed by atoms with Gasteiger partial charge in [0.1, 0.15) is 12.4 Å². The quantitative estimate of drug-likeness (QED) is 0.490. The van der Waals surface area contributed by atoms with Crippen LogP contribution in [0.2, 0.25) is 0 Å². The number of carbonyl (C=O) groups excluding carboxylic acids is 1. The maximum atomic E-state index is 13.5. The molecule has 7 nitrogen and oxygen atoms in total.